The van der Waals surface area contributed by atoms with Crippen molar-refractivity contribution < 1.29 is 5.11 Å². The van der Waals surface area contributed by atoms with Gasteiger partial charge in [0.25, 0.3) is 0 Å². The van der Waals surface area contributed by atoms with E-state index < -0.39 is 5.60 Å². The van der Waals surface area contributed by atoms with Crippen molar-refractivity contribution in [2.75, 3.05) is 0 Å². The first-order chi connectivity index (χ1) is 7.77. The number of allylic oxidation sites excluding steroid dienone is 1. The van der Waals surface area contributed by atoms with Gasteiger partial charge in [0.1, 0.15) is 0 Å². The van der Waals surface area contributed by atoms with E-state index in [1.165, 1.54) is 57.8 Å². The van der Waals surface area contributed by atoms with E-state index in [4.69, 9.17) is 0 Å². The monoisotopic (exact) mass is 224 g/mol. The van der Waals surface area contributed by atoms with Crippen LogP contribution >= 0.6 is 0 Å². The standard InChI is InChI=1S/C15H28O/c1-2-12-15(16)13-10-8-6-4-3-5-7-9-11-14-15/h2,12,16H,3-11,13-14H2,1H3/b12-2+. The maximum atomic E-state index is 10.5. The van der Waals surface area contributed by atoms with E-state index in [-0.39, 0.29) is 0 Å². The van der Waals surface area contributed by atoms with E-state index >= 15 is 0 Å². The third-order valence-corrected chi connectivity index (χ3v) is 3.70. The summed E-state index contributed by atoms with van der Waals surface area (Å²) in [5.74, 6) is 0. The molecule has 1 rings (SSSR count). The van der Waals surface area contributed by atoms with Crippen molar-refractivity contribution in [1.82, 2.24) is 0 Å². The molecule has 16 heavy (non-hydrogen) atoms. The normalized spacial score (nSPS) is 24.9. The molecule has 0 aromatic carbocycles. The SMILES string of the molecule is C/C=C/C1(O)CCCCCCCCCCC1. The molecule has 1 nitrogen and oxygen atoms in total. The van der Waals surface area contributed by atoms with Gasteiger partial charge in [-0.2, -0.15) is 0 Å². The summed E-state index contributed by atoms with van der Waals surface area (Å²) in [7, 11) is 0. The molecule has 0 bridgehead atoms. The summed E-state index contributed by atoms with van der Waals surface area (Å²) < 4.78 is 0. The molecule has 94 valence electrons. The zero-order valence-corrected chi connectivity index (χ0v) is 10.9. The molecule has 1 saturated carbocycles. The van der Waals surface area contributed by atoms with Crippen molar-refractivity contribution in [2.24, 2.45) is 0 Å². The summed E-state index contributed by atoms with van der Waals surface area (Å²) in [6, 6.07) is 0. The zero-order chi connectivity index (χ0) is 11.7. The second kappa shape index (κ2) is 7.89. The summed E-state index contributed by atoms with van der Waals surface area (Å²) in [5.41, 5.74) is -0.506. The number of hydrogen-bond donors (Lipinski definition) is 1. The van der Waals surface area contributed by atoms with Gasteiger partial charge in [0, 0.05) is 0 Å². The highest BCUT2D eigenvalue weighted by Gasteiger charge is 2.21. The third-order valence-electron chi connectivity index (χ3n) is 3.70. The summed E-state index contributed by atoms with van der Waals surface area (Å²) in [4.78, 5) is 0. The number of hydrogen-bond acceptors (Lipinski definition) is 1. The first-order valence-electron chi connectivity index (χ1n) is 7.13. The second-order valence-electron chi connectivity index (χ2n) is 5.29. The van der Waals surface area contributed by atoms with Gasteiger partial charge in [0.05, 0.1) is 5.60 Å². The van der Waals surface area contributed by atoms with Gasteiger partial charge in [-0.05, 0) is 19.8 Å². The van der Waals surface area contributed by atoms with Crippen molar-refractivity contribution in [3.63, 3.8) is 0 Å². The quantitative estimate of drug-likeness (QED) is 0.645. The molecule has 0 aromatic rings. The lowest BCUT2D eigenvalue weighted by Crippen LogP contribution is -2.25. The Kier molecular flexibility index (Phi) is 6.79. The van der Waals surface area contributed by atoms with Gasteiger partial charge < -0.3 is 5.11 Å². The van der Waals surface area contributed by atoms with Crippen LogP contribution in [-0.4, -0.2) is 10.7 Å². The van der Waals surface area contributed by atoms with Crippen molar-refractivity contribution >= 4 is 0 Å². The molecule has 0 unspecified atom stereocenters. The fourth-order valence-electron chi connectivity index (χ4n) is 2.70. The highest BCUT2D eigenvalue weighted by atomic mass is 16.3. The average Bonchev–Trinajstić information content (AvgIpc) is 2.24. The van der Waals surface area contributed by atoms with Crippen LogP contribution in [0.5, 0.6) is 0 Å². The third kappa shape index (κ3) is 5.69. The fraction of sp³-hybridized carbons (Fsp3) is 0.867. The summed E-state index contributed by atoms with van der Waals surface area (Å²) in [6.07, 6.45) is 17.8. The predicted molar refractivity (Wildman–Crippen MR) is 70.6 cm³/mol. The lowest BCUT2D eigenvalue weighted by Gasteiger charge is -2.25. The Balaban J connectivity index is 2.41. The van der Waals surface area contributed by atoms with Crippen molar-refractivity contribution in [2.45, 2.75) is 83.2 Å². The molecule has 0 spiro atoms. The van der Waals surface area contributed by atoms with E-state index in [2.05, 4.69) is 0 Å². The van der Waals surface area contributed by atoms with E-state index in [1.807, 2.05) is 19.1 Å². The van der Waals surface area contributed by atoms with Crippen LogP contribution in [0.4, 0.5) is 0 Å². The molecule has 1 fully saturated rings. The van der Waals surface area contributed by atoms with E-state index in [1.54, 1.807) is 0 Å². The van der Waals surface area contributed by atoms with Crippen LogP contribution in [0.1, 0.15) is 77.6 Å². The van der Waals surface area contributed by atoms with Crippen molar-refractivity contribution in [3.8, 4) is 0 Å². The summed E-state index contributed by atoms with van der Waals surface area (Å²) >= 11 is 0. The Morgan fingerprint density at radius 2 is 1.12 bits per heavy atom. The minimum absolute atomic E-state index is 0.506. The Morgan fingerprint density at radius 3 is 1.50 bits per heavy atom. The van der Waals surface area contributed by atoms with Crippen LogP contribution in [-0.2, 0) is 0 Å². The molecule has 0 amide bonds. The topological polar surface area (TPSA) is 20.2 Å². The van der Waals surface area contributed by atoms with E-state index in [0.717, 1.165) is 12.8 Å². The smallest absolute Gasteiger partial charge is 0.0827 e. The number of aliphatic hydroxyl groups is 1. The molecular weight excluding hydrogens is 196 g/mol. The molecule has 0 radical (unpaired) electrons. The molecule has 1 heteroatoms. The minimum Gasteiger partial charge on any atom is -0.386 e. The van der Waals surface area contributed by atoms with Gasteiger partial charge >= 0.3 is 0 Å². The van der Waals surface area contributed by atoms with Gasteiger partial charge in [-0.3, -0.25) is 0 Å². The Hall–Kier alpha value is -0.300. The lowest BCUT2D eigenvalue weighted by molar-refractivity contribution is 0.0658. The van der Waals surface area contributed by atoms with Gasteiger partial charge in [-0.25, -0.2) is 0 Å². The lowest BCUT2D eigenvalue weighted by atomic mass is 9.88. The predicted octanol–water partition coefficient (Wildman–Crippen LogP) is 4.60. The maximum absolute atomic E-state index is 10.5. The second-order valence-corrected chi connectivity index (χ2v) is 5.29. The van der Waals surface area contributed by atoms with Crippen LogP contribution < -0.4 is 0 Å². The molecule has 1 aliphatic rings. The molecular formula is C15H28O. The first-order valence-corrected chi connectivity index (χ1v) is 7.13. The molecule has 0 aromatic heterocycles. The molecule has 0 aliphatic heterocycles. The number of rotatable bonds is 1. The Morgan fingerprint density at radius 1 is 0.750 bits per heavy atom. The minimum atomic E-state index is -0.506. The van der Waals surface area contributed by atoms with Crippen molar-refractivity contribution in [1.29, 1.82) is 0 Å². The van der Waals surface area contributed by atoms with Crippen LogP contribution in [0.3, 0.4) is 0 Å². The molecule has 0 atom stereocenters. The van der Waals surface area contributed by atoms with Gasteiger partial charge in [0.15, 0.2) is 0 Å². The van der Waals surface area contributed by atoms with Crippen molar-refractivity contribution in [3.05, 3.63) is 12.2 Å². The van der Waals surface area contributed by atoms with Crippen LogP contribution in [0, 0.1) is 0 Å². The molecule has 1 N–H and O–H groups in total. The molecule has 1 aliphatic carbocycles. The van der Waals surface area contributed by atoms with E-state index in [9.17, 15) is 5.11 Å². The summed E-state index contributed by atoms with van der Waals surface area (Å²) in [5, 5.41) is 10.5. The fourth-order valence-corrected chi connectivity index (χ4v) is 2.70. The zero-order valence-electron chi connectivity index (χ0n) is 10.9. The van der Waals surface area contributed by atoms with Gasteiger partial charge in [0.2, 0.25) is 0 Å². The highest BCUT2D eigenvalue weighted by molar-refractivity contribution is 4.99. The first kappa shape index (κ1) is 13.8. The van der Waals surface area contributed by atoms with E-state index in [0.29, 0.717) is 0 Å². The summed E-state index contributed by atoms with van der Waals surface area (Å²) in [6.45, 7) is 2.01. The Labute approximate surface area is 101 Å². The van der Waals surface area contributed by atoms with Crippen LogP contribution in [0.15, 0.2) is 12.2 Å². The van der Waals surface area contributed by atoms with Gasteiger partial charge in [-0.15, -0.1) is 0 Å². The average molecular weight is 224 g/mol. The Bertz CT molecular complexity index is 184. The van der Waals surface area contributed by atoms with Crippen LogP contribution in [0.2, 0.25) is 0 Å². The molecule has 0 saturated heterocycles. The van der Waals surface area contributed by atoms with Gasteiger partial charge in [-0.1, -0.05) is 69.9 Å². The highest BCUT2D eigenvalue weighted by Crippen LogP contribution is 2.25. The largest absolute Gasteiger partial charge is 0.386 e. The van der Waals surface area contributed by atoms with Crippen LogP contribution in [0.25, 0.3) is 0 Å². The maximum Gasteiger partial charge on any atom is 0.0827 e. The molecule has 0 heterocycles.